The van der Waals surface area contributed by atoms with Gasteiger partial charge in [0.05, 0.1) is 11.0 Å². The van der Waals surface area contributed by atoms with Crippen molar-refractivity contribution >= 4 is 34.7 Å². The smallest absolute Gasteiger partial charge is 0.407 e. The van der Waals surface area contributed by atoms with Crippen molar-refractivity contribution in [1.82, 2.24) is 14.9 Å². The molecular weight excluding hydrogens is 268 g/mol. The molecule has 19 heavy (non-hydrogen) atoms. The number of aromatic amines is 1. The number of benzene rings is 1. The number of aromatic nitrogens is 2. The maximum Gasteiger partial charge on any atom is 0.407 e. The Morgan fingerprint density at radius 3 is 2.74 bits per heavy atom. The van der Waals surface area contributed by atoms with Crippen LogP contribution >= 0.6 is 11.6 Å². The van der Waals surface area contributed by atoms with Crippen LogP contribution in [0, 0.1) is 0 Å². The number of piperazine rings is 1. The summed E-state index contributed by atoms with van der Waals surface area (Å²) in [6, 6.07) is 5.51. The van der Waals surface area contributed by atoms with Crippen molar-refractivity contribution in [2.45, 2.75) is 0 Å². The molecule has 7 heteroatoms. The SMILES string of the molecule is O=C(O)N1CCN(c2nc3cc(Cl)ccc3[nH]2)CC1. The number of fused-ring (bicyclic) bond motifs is 1. The lowest BCUT2D eigenvalue weighted by molar-refractivity contribution is 0.142. The molecule has 0 unspecified atom stereocenters. The molecule has 1 aromatic carbocycles. The molecule has 3 rings (SSSR count). The highest BCUT2D eigenvalue weighted by Crippen LogP contribution is 2.21. The highest BCUT2D eigenvalue weighted by atomic mass is 35.5. The number of amides is 1. The number of hydrogen-bond acceptors (Lipinski definition) is 3. The summed E-state index contributed by atoms with van der Waals surface area (Å²) in [5, 5.41) is 9.56. The van der Waals surface area contributed by atoms with Crippen LogP contribution in [0.4, 0.5) is 10.7 Å². The van der Waals surface area contributed by atoms with Crippen molar-refractivity contribution in [2.75, 3.05) is 31.1 Å². The topological polar surface area (TPSA) is 72.5 Å². The lowest BCUT2D eigenvalue weighted by atomic mass is 10.3. The Morgan fingerprint density at radius 2 is 2.05 bits per heavy atom. The van der Waals surface area contributed by atoms with Crippen LogP contribution in [-0.2, 0) is 0 Å². The Bertz CT molecular complexity index is 619. The van der Waals surface area contributed by atoms with Crippen molar-refractivity contribution in [3.63, 3.8) is 0 Å². The van der Waals surface area contributed by atoms with Gasteiger partial charge >= 0.3 is 6.09 Å². The van der Waals surface area contributed by atoms with Crippen LogP contribution in [-0.4, -0.2) is 52.2 Å². The van der Waals surface area contributed by atoms with Gasteiger partial charge in [-0.05, 0) is 18.2 Å². The summed E-state index contributed by atoms with van der Waals surface area (Å²) in [7, 11) is 0. The summed E-state index contributed by atoms with van der Waals surface area (Å²) in [5.41, 5.74) is 1.75. The van der Waals surface area contributed by atoms with Gasteiger partial charge < -0.3 is 19.9 Å². The van der Waals surface area contributed by atoms with Crippen molar-refractivity contribution < 1.29 is 9.90 Å². The molecule has 0 spiro atoms. The molecule has 2 heterocycles. The maximum absolute atomic E-state index is 10.8. The van der Waals surface area contributed by atoms with Crippen molar-refractivity contribution in [3.05, 3.63) is 23.2 Å². The van der Waals surface area contributed by atoms with Crippen molar-refractivity contribution in [2.24, 2.45) is 0 Å². The third-order valence-corrected chi connectivity index (χ3v) is 3.52. The number of nitrogens with zero attached hydrogens (tertiary/aromatic N) is 3. The Balaban J connectivity index is 1.80. The van der Waals surface area contributed by atoms with E-state index in [1.807, 2.05) is 23.1 Å². The molecule has 1 saturated heterocycles. The van der Waals surface area contributed by atoms with Gasteiger partial charge in [-0.3, -0.25) is 0 Å². The molecule has 0 aliphatic carbocycles. The lowest BCUT2D eigenvalue weighted by Crippen LogP contribution is -2.48. The van der Waals surface area contributed by atoms with Crippen LogP contribution in [0.15, 0.2) is 18.2 Å². The molecule has 0 radical (unpaired) electrons. The van der Waals surface area contributed by atoms with Gasteiger partial charge in [-0.15, -0.1) is 0 Å². The fourth-order valence-electron chi connectivity index (χ4n) is 2.22. The van der Waals surface area contributed by atoms with Gasteiger partial charge in [-0.25, -0.2) is 9.78 Å². The molecule has 1 fully saturated rings. The van der Waals surface area contributed by atoms with Gasteiger partial charge in [-0.2, -0.15) is 0 Å². The number of imidazole rings is 1. The molecule has 2 N–H and O–H groups in total. The Kier molecular flexibility index (Phi) is 2.94. The Hall–Kier alpha value is -1.95. The van der Waals surface area contributed by atoms with E-state index in [0.717, 1.165) is 17.0 Å². The summed E-state index contributed by atoms with van der Waals surface area (Å²) in [5.74, 6) is 0.766. The van der Waals surface area contributed by atoms with E-state index in [0.29, 0.717) is 31.2 Å². The number of carboxylic acid groups (broad SMARTS) is 1. The molecule has 1 aliphatic rings. The first kappa shape index (κ1) is 12.1. The monoisotopic (exact) mass is 280 g/mol. The molecule has 0 bridgehead atoms. The number of nitrogens with one attached hydrogen (secondary N) is 1. The summed E-state index contributed by atoms with van der Waals surface area (Å²) >= 11 is 5.93. The van der Waals surface area contributed by atoms with E-state index >= 15 is 0 Å². The second kappa shape index (κ2) is 4.62. The van der Waals surface area contributed by atoms with Crippen molar-refractivity contribution in [1.29, 1.82) is 0 Å². The van der Waals surface area contributed by atoms with Crippen LogP contribution in [0.2, 0.25) is 5.02 Å². The molecule has 6 nitrogen and oxygen atoms in total. The average molecular weight is 281 g/mol. The highest BCUT2D eigenvalue weighted by molar-refractivity contribution is 6.31. The number of carbonyl (C=O) groups is 1. The third kappa shape index (κ3) is 2.31. The first-order chi connectivity index (χ1) is 9.13. The van der Waals surface area contributed by atoms with E-state index in [9.17, 15) is 4.79 Å². The van der Waals surface area contributed by atoms with Crippen LogP contribution in [0.5, 0.6) is 0 Å². The van der Waals surface area contributed by atoms with E-state index in [4.69, 9.17) is 16.7 Å². The highest BCUT2D eigenvalue weighted by Gasteiger charge is 2.22. The largest absolute Gasteiger partial charge is 0.465 e. The number of hydrogen-bond donors (Lipinski definition) is 2. The van der Waals surface area contributed by atoms with Crippen LogP contribution in [0.25, 0.3) is 11.0 Å². The summed E-state index contributed by atoms with van der Waals surface area (Å²) in [6.45, 7) is 2.26. The summed E-state index contributed by atoms with van der Waals surface area (Å²) in [6.07, 6.45) is -0.865. The van der Waals surface area contributed by atoms with E-state index in [2.05, 4.69) is 9.97 Å². The molecule has 1 aromatic heterocycles. The second-order valence-corrected chi connectivity index (χ2v) is 4.91. The van der Waals surface area contributed by atoms with Crippen LogP contribution < -0.4 is 4.90 Å². The lowest BCUT2D eigenvalue weighted by Gasteiger charge is -2.32. The fourth-order valence-corrected chi connectivity index (χ4v) is 2.39. The first-order valence-electron chi connectivity index (χ1n) is 6.01. The third-order valence-electron chi connectivity index (χ3n) is 3.28. The zero-order valence-corrected chi connectivity index (χ0v) is 10.9. The minimum Gasteiger partial charge on any atom is -0.465 e. The summed E-state index contributed by atoms with van der Waals surface area (Å²) in [4.78, 5) is 22.0. The molecular formula is C12H13ClN4O2. The number of H-pyrrole nitrogens is 1. The quantitative estimate of drug-likeness (QED) is 0.838. The van der Waals surface area contributed by atoms with Gasteiger partial charge in [0.15, 0.2) is 0 Å². The minimum absolute atomic E-state index is 0.493. The van der Waals surface area contributed by atoms with Gasteiger partial charge in [-0.1, -0.05) is 11.6 Å². The minimum atomic E-state index is -0.865. The normalized spacial score (nSPS) is 16.1. The first-order valence-corrected chi connectivity index (χ1v) is 6.39. The van der Waals surface area contributed by atoms with E-state index in [1.54, 1.807) is 0 Å². The zero-order chi connectivity index (χ0) is 13.4. The van der Waals surface area contributed by atoms with E-state index in [1.165, 1.54) is 4.90 Å². The van der Waals surface area contributed by atoms with E-state index < -0.39 is 6.09 Å². The molecule has 1 aliphatic heterocycles. The zero-order valence-electron chi connectivity index (χ0n) is 10.1. The van der Waals surface area contributed by atoms with Gasteiger partial charge in [0.25, 0.3) is 0 Å². The Morgan fingerprint density at radius 1 is 1.32 bits per heavy atom. The van der Waals surface area contributed by atoms with Gasteiger partial charge in [0.1, 0.15) is 0 Å². The number of anilines is 1. The van der Waals surface area contributed by atoms with Crippen LogP contribution in [0.3, 0.4) is 0 Å². The molecule has 0 atom stereocenters. The molecule has 100 valence electrons. The number of rotatable bonds is 1. The second-order valence-electron chi connectivity index (χ2n) is 4.48. The predicted octanol–water partition coefficient (Wildman–Crippen LogP) is 2.02. The maximum atomic E-state index is 10.8. The van der Waals surface area contributed by atoms with E-state index in [-0.39, 0.29) is 0 Å². The molecule has 2 aromatic rings. The van der Waals surface area contributed by atoms with Crippen molar-refractivity contribution in [3.8, 4) is 0 Å². The predicted molar refractivity (Wildman–Crippen MR) is 72.9 cm³/mol. The number of halogens is 1. The van der Waals surface area contributed by atoms with Gasteiger partial charge in [0, 0.05) is 31.2 Å². The molecule has 0 saturated carbocycles. The standard InChI is InChI=1S/C12H13ClN4O2/c13-8-1-2-9-10(7-8)15-11(14-9)16-3-5-17(6-4-16)12(18)19/h1-2,7H,3-6H2,(H,14,15)(H,18,19). The fraction of sp³-hybridized carbons (Fsp3) is 0.333. The average Bonchev–Trinajstić information content (AvgIpc) is 2.81. The van der Waals surface area contributed by atoms with Gasteiger partial charge in [0.2, 0.25) is 5.95 Å². The van der Waals surface area contributed by atoms with Crippen LogP contribution in [0.1, 0.15) is 0 Å². The Labute approximate surface area is 114 Å². The molecule has 1 amide bonds. The summed E-state index contributed by atoms with van der Waals surface area (Å²) < 4.78 is 0.